The van der Waals surface area contributed by atoms with E-state index in [-0.39, 0.29) is 0 Å². The van der Waals surface area contributed by atoms with E-state index in [1.54, 1.807) is 0 Å². The quantitative estimate of drug-likeness (QED) is 0.477. The Morgan fingerprint density at radius 2 is 1.62 bits per heavy atom. The largest absolute Gasteiger partial charge is 0.395 e. The molecule has 0 spiro atoms. The number of rotatable bonds is 2. The van der Waals surface area contributed by atoms with Crippen LogP contribution in [0.1, 0.15) is 10.8 Å². The Kier molecular flexibility index (Phi) is 2.37. The standard InChI is InChI=1S/C14H14NS/c15-12-8-4-5-9-13(12)16-10-14(16)11-6-2-1-3-7-11/h1-9,14H,10,15H2/q+1. The van der Waals surface area contributed by atoms with E-state index >= 15 is 0 Å². The van der Waals surface area contributed by atoms with Crippen molar-refractivity contribution in [3.63, 3.8) is 0 Å². The minimum absolute atomic E-state index is 0.346. The van der Waals surface area contributed by atoms with E-state index in [2.05, 4.69) is 42.5 Å². The molecule has 80 valence electrons. The van der Waals surface area contributed by atoms with Crippen molar-refractivity contribution in [2.24, 2.45) is 0 Å². The predicted octanol–water partition coefficient (Wildman–Crippen LogP) is 3.00. The van der Waals surface area contributed by atoms with Gasteiger partial charge in [-0.15, -0.1) is 0 Å². The van der Waals surface area contributed by atoms with Crippen molar-refractivity contribution in [3.05, 3.63) is 60.2 Å². The molecule has 1 nitrogen and oxygen atoms in total. The van der Waals surface area contributed by atoms with Gasteiger partial charge in [0.2, 0.25) is 0 Å². The van der Waals surface area contributed by atoms with E-state index in [0.717, 1.165) is 5.69 Å². The van der Waals surface area contributed by atoms with Crippen LogP contribution in [0.4, 0.5) is 5.69 Å². The fourth-order valence-electron chi connectivity index (χ4n) is 2.01. The molecule has 1 heterocycles. The molecule has 2 unspecified atom stereocenters. The van der Waals surface area contributed by atoms with Crippen LogP contribution in [-0.2, 0) is 10.9 Å². The summed E-state index contributed by atoms with van der Waals surface area (Å²) in [5.41, 5.74) is 8.41. The number of nitrogen functional groups attached to an aromatic ring is 1. The van der Waals surface area contributed by atoms with Crippen molar-refractivity contribution in [2.75, 3.05) is 11.5 Å². The third-order valence-electron chi connectivity index (χ3n) is 2.93. The first kappa shape index (κ1) is 9.79. The summed E-state index contributed by atoms with van der Waals surface area (Å²) in [5, 5.41) is 0.700. The highest BCUT2D eigenvalue weighted by Gasteiger charge is 2.53. The fourth-order valence-corrected chi connectivity index (χ4v) is 4.25. The summed E-state index contributed by atoms with van der Waals surface area (Å²) in [7, 11) is 0.346. The van der Waals surface area contributed by atoms with E-state index < -0.39 is 0 Å². The summed E-state index contributed by atoms with van der Waals surface area (Å²) >= 11 is 0. The third kappa shape index (κ3) is 1.69. The van der Waals surface area contributed by atoms with Crippen molar-refractivity contribution < 1.29 is 0 Å². The lowest BCUT2D eigenvalue weighted by atomic mass is 10.2. The topological polar surface area (TPSA) is 26.0 Å². The van der Waals surface area contributed by atoms with Crippen LogP contribution in [-0.4, -0.2) is 5.75 Å². The van der Waals surface area contributed by atoms with Crippen LogP contribution in [0.3, 0.4) is 0 Å². The molecule has 0 bridgehead atoms. The summed E-state index contributed by atoms with van der Waals surface area (Å²) in [6.45, 7) is 0. The normalized spacial score (nSPS) is 23.0. The van der Waals surface area contributed by atoms with Gasteiger partial charge in [0.25, 0.3) is 0 Å². The molecule has 2 aromatic rings. The monoisotopic (exact) mass is 228 g/mol. The van der Waals surface area contributed by atoms with Crippen LogP contribution < -0.4 is 5.73 Å². The van der Waals surface area contributed by atoms with Gasteiger partial charge < -0.3 is 5.73 Å². The van der Waals surface area contributed by atoms with Gasteiger partial charge in [-0.05, 0) is 12.1 Å². The van der Waals surface area contributed by atoms with Gasteiger partial charge in [0.05, 0.1) is 5.69 Å². The van der Waals surface area contributed by atoms with Crippen LogP contribution in [0.15, 0.2) is 59.5 Å². The molecule has 2 heteroatoms. The molecule has 0 radical (unpaired) electrons. The maximum absolute atomic E-state index is 6.01. The Balaban J connectivity index is 1.85. The lowest BCUT2D eigenvalue weighted by molar-refractivity contribution is 1.23. The van der Waals surface area contributed by atoms with E-state index in [4.69, 9.17) is 5.73 Å². The zero-order chi connectivity index (χ0) is 11.0. The third-order valence-corrected chi connectivity index (χ3v) is 5.26. The molecule has 2 atom stereocenters. The summed E-state index contributed by atoms with van der Waals surface area (Å²) in [5.74, 6) is 1.26. The zero-order valence-corrected chi connectivity index (χ0v) is 9.78. The van der Waals surface area contributed by atoms with Crippen molar-refractivity contribution in [1.29, 1.82) is 0 Å². The number of para-hydroxylation sites is 1. The first-order valence-electron chi connectivity index (χ1n) is 5.45. The number of nitrogens with two attached hydrogens (primary N) is 1. The molecular weight excluding hydrogens is 214 g/mol. The maximum atomic E-state index is 6.01. The first-order chi connectivity index (χ1) is 7.86. The van der Waals surface area contributed by atoms with Gasteiger partial charge in [-0.2, -0.15) is 0 Å². The molecule has 1 aliphatic rings. The molecule has 0 amide bonds. The fraction of sp³-hybridized carbons (Fsp3) is 0.143. The van der Waals surface area contributed by atoms with Gasteiger partial charge in [-0.3, -0.25) is 0 Å². The Morgan fingerprint density at radius 1 is 0.938 bits per heavy atom. The minimum Gasteiger partial charge on any atom is -0.395 e. The molecule has 0 aromatic heterocycles. The number of hydrogen-bond acceptors (Lipinski definition) is 1. The Morgan fingerprint density at radius 3 is 2.38 bits per heavy atom. The smallest absolute Gasteiger partial charge is 0.193 e. The molecule has 16 heavy (non-hydrogen) atoms. The number of hydrogen-bond donors (Lipinski definition) is 1. The summed E-state index contributed by atoms with van der Waals surface area (Å²) in [6.07, 6.45) is 0. The summed E-state index contributed by atoms with van der Waals surface area (Å²) < 4.78 is 0. The number of anilines is 1. The van der Waals surface area contributed by atoms with Crippen molar-refractivity contribution in [2.45, 2.75) is 10.1 Å². The Hall–Kier alpha value is -1.41. The molecule has 1 aliphatic heterocycles. The van der Waals surface area contributed by atoms with Crippen molar-refractivity contribution in [3.8, 4) is 0 Å². The highest BCUT2D eigenvalue weighted by atomic mass is 32.2. The Bertz CT molecular complexity index is 495. The molecular formula is C14H14NS+. The first-order valence-corrected chi connectivity index (χ1v) is 6.91. The molecule has 0 saturated carbocycles. The van der Waals surface area contributed by atoms with Crippen molar-refractivity contribution >= 4 is 16.6 Å². The van der Waals surface area contributed by atoms with Crippen molar-refractivity contribution in [1.82, 2.24) is 0 Å². The van der Waals surface area contributed by atoms with E-state index in [0.29, 0.717) is 16.1 Å². The molecule has 1 fully saturated rings. The number of benzene rings is 2. The average Bonchev–Trinajstić information content (AvgIpc) is 3.11. The molecule has 2 N–H and O–H groups in total. The van der Waals surface area contributed by atoms with Crippen LogP contribution in [0.25, 0.3) is 0 Å². The lowest BCUT2D eigenvalue weighted by Gasteiger charge is -1.96. The van der Waals surface area contributed by atoms with E-state index in [9.17, 15) is 0 Å². The second kappa shape index (κ2) is 3.87. The second-order valence-corrected chi connectivity index (χ2v) is 6.23. The summed E-state index contributed by atoms with van der Waals surface area (Å²) in [4.78, 5) is 1.34. The molecule has 0 aliphatic carbocycles. The van der Waals surface area contributed by atoms with Gasteiger partial charge in [-0.1, -0.05) is 42.5 Å². The van der Waals surface area contributed by atoms with Crippen LogP contribution in [0.2, 0.25) is 0 Å². The molecule has 3 rings (SSSR count). The van der Waals surface area contributed by atoms with Crippen LogP contribution >= 0.6 is 0 Å². The average molecular weight is 228 g/mol. The lowest BCUT2D eigenvalue weighted by Crippen LogP contribution is -1.93. The van der Waals surface area contributed by atoms with Gasteiger partial charge >= 0.3 is 0 Å². The highest BCUT2D eigenvalue weighted by Crippen LogP contribution is 2.47. The van der Waals surface area contributed by atoms with E-state index in [1.165, 1.54) is 16.2 Å². The SMILES string of the molecule is Nc1ccccc1[S+]1CC1c1ccccc1. The van der Waals surface area contributed by atoms with Gasteiger partial charge in [-0.25, -0.2) is 0 Å². The molecule has 2 aromatic carbocycles. The van der Waals surface area contributed by atoms with Gasteiger partial charge in [0.15, 0.2) is 15.9 Å². The maximum Gasteiger partial charge on any atom is 0.193 e. The predicted molar refractivity (Wildman–Crippen MR) is 70.5 cm³/mol. The second-order valence-electron chi connectivity index (χ2n) is 4.03. The molecule has 1 saturated heterocycles. The van der Waals surface area contributed by atoms with Gasteiger partial charge in [0.1, 0.15) is 0 Å². The zero-order valence-electron chi connectivity index (χ0n) is 8.97. The van der Waals surface area contributed by atoms with E-state index in [1.807, 2.05) is 12.1 Å². The highest BCUT2D eigenvalue weighted by molar-refractivity contribution is 8.04. The van der Waals surface area contributed by atoms with Gasteiger partial charge in [0, 0.05) is 16.5 Å². The minimum atomic E-state index is 0.346. The Labute approximate surface area is 98.6 Å². The van der Waals surface area contributed by atoms with Crippen LogP contribution in [0, 0.1) is 0 Å². The summed E-state index contributed by atoms with van der Waals surface area (Å²) in [6, 6.07) is 19.0. The van der Waals surface area contributed by atoms with Crippen LogP contribution in [0.5, 0.6) is 0 Å².